The number of piperazine rings is 1. The molecule has 0 aromatic heterocycles. The predicted octanol–water partition coefficient (Wildman–Crippen LogP) is 0.536. The van der Waals surface area contributed by atoms with Crippen LogP contribution in [0.5, 0.6) is 5.75 Å². The van der Waals surface area contributed by atoms with Crippen LogP contribution in [0, 0.1) is 0 Å². The van der Waals surface area contributed by atoms with Crippen LogP contribution in [-0.2, 0) is 9.59 Å². The zero-order valence-corrected chi connectivity index (χ0v) is 13.3. The summed E-state index contributed by atoms with van der Waals surface area (Å²) in [7, 11) is 1.63. The summed E-state index contributed by atoms with van der Waals surface area (Å²) in [5.74, 6) is -0.282. The number of nitrogens with two attached hydrogens (primary N) is 1. The van der Waals surface area contributed by atoms with E-state index in [0.29, 0.717) is 13.1 Å². The van der Waals surface area contributed by atoms with E-state index in [9.17, 15) is 9.59 Å². The highest BCUT2D eigenvalue weighted by Crippen LogP contribution is 2.20. The summed E-state index contributed by atoms with van der Waals surface area (Å²) < 4.78 is 5.14. The molecule has 1 saturated heterocycles. The molecule has 1 aliphatic rings. The number of amides is 1. The molecule has 1 atom stereocenters. The lowest BCUT2D eigenvalue weighted by atomic mass is 10.1. The van der Waals surface area contributed by atoms with Crippen LogP contribution in [0.1, 0.15) is 12.8 Å². The Morgan fingerprint density at radius 1 is 1.22 bits per heavy atom. The van der Waals surface area contributed by atoms with E-state index in [-0.39, 0.29) is 18.7 Å². The molecule has 7 heteroatoms. The molecule has 1 fully saturated rings. The Bertz CT molecular complexity index is 539. The maximum atomic E-state index is 12.1. The minimum Gasteiger partial charge on any atom is -0.497 e. The molecule has 0 aliphatic carbocycles. The minimum absolute atomic E-state index is 0.0314. The van der Waals surface area contributed by atoms with Crippen LogP contribution in [0.4, 0.5) is 5.69 Å². The fourth-order valence-corrected chi connectivity index (χ4v) is 2.57. The first kappa shape index (κ1) is 17.1. The second-order valence-electron chi connectivity index (χ2n) is 5.55. The van der Waals surface area contributed by atoms with Crippen LogP contribution < -0.4 is 15.4 Å². The lowest BCUT2D eigenvalue weighted by molar-refractivity contribution is -0.139. The van der Waals surface area contributed by atoms with Crippen molar-refractivity contribution < 1.29 is 19.4 Å². The number of hydrogen-bond donors (Lipinski definition) is 2. The number of aliphatic carboxylic acids is 1. The first-order valence-electron chi connectivity index (χ1n) is 7.66. The van der Waals surface area contributed by atoms with Gasteiger partial charge in [0.25, 0.3) is 0 Å². The highest BCUT2D eigenvalue weighted by Gasteiger charge is 2.22. The molecule has 0 saturated carbocycles. The topological polar surface area (TPSA) is 96.1 Å². The van der Waals surface area contributed by atoms with Crippen LogP contribution in [0.25, 0.3) is 0 Å². The smallest absolute Gasteiger partial charge is 0.320 e. The Hall–Kier alpha value is -2.28. The van der Waals surface area contributed by atoms with Crippen LogP contribution in [0.3, 0.4) is 0 Å². The number of carbonyl (C=O) groups excluding carboxylic acids is 1. The molecule has 1 heterocycles. The summed E-state index contributed by atoms with van der Waals surface area (Å²) in [5.41, 5.74) is 6.53. The molecule has 1 aromatic carbocycles. The van der Waals surface area contributed by atoms with Gasteiger partial charge < -0.3 is 25.4 Å². The van der Waals surface area contributed by atoms with Gasteiger partial charge in [-0.25, -0.2) is 0 Å². The average Bonchev–Trinajstić information content (AvgIpc) is 2.59. The first-order chi connectivity index (χ1) is 11.0. The summed E-state index contributed by atoms with van der Waals surface area (Å²) in [5, 5.41) is 8.74. The van der Waals surface area contributed by atoms with Crippen molar-refractivity contribution in [1.29, 1.82) is 0 Å². The number of nitrogens with zero attached hydrogens (tertiary/aromatic N) is 2. The van der Waals surface area contributed by atoms with Crippen molar-refractivity contribution in [3.63, 3.8) is 0 Å². The van der Waals surface area contributed by atoms with Crippen molar-refractivity contribution >= 4 is 17.6 Å². The number of carbonyl (C=O) groups is 2. The highest BCUT2D eigenvalue weighted by molar-refractivity contribution is 5.78. The molecule has 0 unspecified atom stereocenters. The van der Waals surface area contributed by atoms with Gasteiger partial charge in [-0.1, -0.05) is 0 Å². The van der Waals surface area contributed by atoms with Crippen molar-refractivity contribution in [2.75, 3.05) is 38.2 Å². The van der Waals surface area contributed by atoms with Gasteiger partial charge >= 0.3 is 5.97 Å². The van der Waals surface area contributed by atoms with E-state index < -0.39 is 12.0 Å². The third-order valence-electron chi connectivity index (χ3n) is 4.06. The molecule has 0 radical (unpaired) electrons. The fraction of sp³-hybridized carbons (Fsp3) is 0.500. The molecule has 7 nitrogen and oxygen atoms in total. The Balaban J connectivity index is 1.80. The highest BCUT2D eigenvalue weighted by atomic mass is 16.5. The van der Waals surface area contributed by atoms with Gasteiger partial charge in [0.15, 0.2) is 0 Å². The number of rotatable bonds is 6. The van der Waals surface area contributed by atoms with E-state index in [1.165, 1.54) is 0 Å². The summed E-state index contributed by atoms with van der Waals surface area (Å²) in [6.45, 7) is 2.77. The number of ether oxygens (including phenoxy) is 1. The molecule has 1 aromatic rings. The largest absolute Gasteiger partial charge is 0.497 e. The van der Waals surface area contributed by atoms with E-state index in [2.05, 4.69) is 4.90 Å². The van der Waals surface area contributed by atoms with E-state index >= 15 is 0 Å². The monoisotopic (exact) mass is 321 g/mol. The second kappa shape index (κ2) is 7.82. The van der Waals surface area contributed by atoms with Crippen molar-refractivity contribution in [3.8, 4) is 5.75 Å². The number of hydrogen-bond acceptors (Lipinski definition) is 5. The molecule has 1 aliphatic heterocycles. The van der Waals surface area contributed by atoms with Crippen molar-refractivity contribution in [2.24, 2.45) is 5.73 Å². The van der Waals surface area contributed by atoms with Crippen molar-refractivity contribution in [1.82, 2.24) is 4.90 Å². The van der Waals surface area contributed by atoms with Gasteiger partial charge in [0.05, 0.1) is 7.11 Å². The first-order valence-corrected chi connectivity index (χ1v) is 7.66. The number of carboxylic acids is 1. The third kappa shape index (κ3) is 4.59. The maximum absolute atomic E-state index is 12.1. The van der Waals surface area contributed by atoms with Gasteiger partial charge in [-0.15, -0.1) is 0 Å². The molecule has 0 bridgehead atoms. The van der Waals surface area contributed by atoms with Crippen LogP contribution in [-0.4, -0.2) is 61.2 Å². The summed E-state index contributed by atoms with van der Waals surface area (Å²) >= 11 is 0. The number of anilines is 1. The molecule has 126 valence electrons. The maximum Gasteiger partial charge on any atom is 0.320 e. The van der Waals surface area contributed by atoms with E-state index in [4.69, 9.17) is 15.6 Å². The molecule has 2 rings (SSSR count). The third-order valence-corrected chi connectivity index (χ3v) is 4.06. The Morgan fingerprint density at radius 3 is 2.35 bits per heavy atom. The van der Waals surface area contributed by atoms with Gasteiger partial charge in [0.1, 0.15) is 11.8 Å². The van der Waals surface area contributed by atoms with Crippen LogP contribution >= 0.6 is 0 Å². The Morgan fingerprint density at radius 2 is 1.83 bits per heavy atom. The lowest BCUT2D eigenvalue weighted by Gasteiger charge is -2.36. The minimum atomic E-state index is -1.07. The van der Waals surface area contributed by atoms with Gasteiger partial charge in [-0.05, 0) is 30.7 Å². The fourth-order valence-electron chi connectivity index (χ4n) is 2.57. The molecular formula is C16H23N3O4. The summed E-state index contributed by atoms with van der Waals surface area (Å²) in [6, 6.07) is 6.87. The van der Waals surface area contributed by atoms with Gasteiger partial charge in [0.2, 0.25) is 5.91 Å². The number of carboxylic acid groups (broad SMARTS) is 1. The normalized spacial score (nSPS) is 16.1. The summed E-state index contributed by atoms with van der Waals surface area (Å²) in [6.07, 6.45) is 0.350. The predicted molar refractivity (Wildman–Crippen MR) is 86.6 cm³/mol. The molecule has 23 heavy (non-hydrogen) atoms. The molecular weight excluding hydrogens is 298 g/mol. The molecule has 0 spiro atoms. The lowest BCUT2D eigenvalue weighted by Crippen LogP contribution is -2.49. The zero-order chi connectivity index (χ0) is 16.8. The SMILES string of the molecule is COc1ccc(N2CCN(C(=O)CC[C@H](N)C(=O)O)CC2)cc1. The standard InChI is InChI=1S/C16H23N3O4/c1-23-13-4-2-12(3-5-13)18-8-10-19(11-9-18)15(20)7-6-14(17)16(21)22/h2-5,14H,6-11,17H2,1H3,(H,21,22)/t14-/m0/s1. The van der Waals surface area contributed by atoms with Gasteiger partial charge in [0, 0.05) is 38.3 Å². The molecule has 3 N–H and O–H groups in total. The average molecular weight is 321 g/mol. The Kier molecular flexibility index (Phi) is 5.81. The second-order valence-corrected chi connectivity index (χ2v) is 5.55. The van der Waals surface area contributed by atoms with Crippen molar-refractivity contribution in [2.45, 2.75) is 18.9 Å². The van der Waals surface area contributed by atoms with E-state index in [1.54, 1.807) is 12.0 Å². The molecule has 1 amide bonds. The van der Waals surface area contributed by atoms with Gasteiger partial charge in [-0.3, -0.25) is 9.59 Å². The van der Waals surface area contributed by atoms with Crippen molar-refractivity contribution in [3.05, 3.63) is 24.3 Å². The zero-order valence-electron chi connectivity index (χ0n) is 13.3. The summed E-state index contributed by atoms with van der Waals surface area (Å²) in [4.78, 5) is 26.7. The van der Waals surface area contributed by atoms with Crippen LogP contribution in [0.15, 0.2) is 24.3 Å². The van der Waals surface area contributed by atoms with Crippen LogP contribution in [0.2, 0.25) is 0 Å². The van der Waals surface area contributed by atoms with E-state index in [1.807, 2.05) is 24.3 Å². The Labute approximate surface area is 135 Å². The number of benzene rings is 1. The van der Waals surface area contributed by atoms with Gasteiger partial charge in [-0.2, -0.15) is 0 Å². The number of methoxy groups -OCH3 is 1. The quantitative estimate of drug-likeness (QED) is 0.794. The van der Waals surface area contributed by atoms with E-state index in [0.717, 1.165) is 24.5 Å².